The summed E-state index contributed by atoms with van der Waals surface area (Å²) in [5.74, 6) is 0.149. The Morgan fingerprint density at radius 1 is 1.06 bits per heavy atom. The van der Waals surface area contributed by atoms with Gasteiger partial charge in [-0.25, -0.2) is 0 Å². The van der Waals surface area contributed by atoms with Crippen LogP contribution in [0.2, 0.25) is 0 Å². The van der Waals surface area contributed by atoms with E-state index in [9.17, 15) is 9.59 Å². The standard InChI is InChI=1S/C13H27N3O2/c1-8(2)5-10(7-12(15)17)16-13(18)11(14)6-9(3)4/h8-11H,5-7,14H2,1-4H3,(H2,15,17)(H,16,18)/t10-,11-/m0/s1. The van der Waals surface area contributed by atoms with Crippen molar-refractivity contribution in [2.24, 2.45) is 23.3 Å². The first-order chi connectivity index (χ1) is 8.22. The van der Waals surface area contributed by atoms with Crippen LogP contribution in [0.1, 0.15) is 47.0 Å². The van der Waals surface area contributed by atoms with Crippen molar-refractivity contribution in [3.8, 4) is 0 Å². The maximum absolute atomic E-state index is 11.9. The first-order valence-corrected chi connectivity index (χ1v) is 6.56. The van der Waals surface area contributed by atoms with Crippen molar-refractivity contribution < 1.29 is 9.59 Å². The van der Waals surface area contributed by atoms with Crippen LogP contribution in [-0.4, -0.2) is 23.9 Å². The molecular weight excluding hydrogens is 230 g/mol. The van der Waals surface area contributed by atoms with E-state index in [4.69, 9.17) is 11.5 Å². The van der Waals surface area contributed by atoms with Gasteiger partial charge in [-0.2, -0.15) is 0 Å². The zero-order valence-corrected chi connectivity index (χ0v) is 11.9. The van der Waals surface area contributed by atoms with Crippen LogP contribution < -0.4 is 16.8 Å². The van der Waals surface area contributed by atoms with Crippen LogP contribution in [0.3, 0.4) is 0 Å². The highest BCUT2D eigenvalue weighted by atomic mass is 16.2. The van der Waals surface area contributed by atoms with Crippen LogP contribution in [0.4, 0.5) is 0 Å². The first kappa shape index (κ1) is 16.9. The molecule has 0 aliphatic carbocycles. The van der Waals surface area contributed by atoms with Gasteiger partial charge in [-0.15, -0.1) is 0 Å². The van der Waals surface area contributed by atoms with Crippen molar-refractivity contribution in [3.63, 3.8) is 0 Å². The molecule has 2 atom stereocenters. The van der Waals surface area contributed by atoms with Crippen LogP contribution >= 0.6 is 0 Å². The van der Waals surface area contributed by atoms with E-state index < -0.39 is 11.9 Å². The lowest BCUT2D eigenvalue weighted by molar-refractivity contribution is -0.124. The largest absolute Gasteiger partial charge is 0.370 e. The van der Waals surface area contributed by atoms with Crippen LogP contribution in [-0.2, 0) is 9.59 Å². The normalized spacial score (nSPS) is 14.6. The Hall–Kier alpha value is -1.10. The minimum Gasteiger partial charge on any atom is -0.370 e. The van der Waals surface area contributed by atoms with Crippen LogP contribution in [0.15, 0.2) is 0 Å². The maximum atomic E-state index is 11.9. The highest BCUT2D eigenvalue weighted by Crippen LogP contribution is 2.09. The molecule has 0 aromatic rings. The molecule has 0 bridgehead atoms. The quantitative estimate of drug-likeness (QED) is 0.599. The zero-order chi connectivity index (χ0) is 14.3. The maximum Gasteiger partial charge on any atom is 0.237 e. The van der Waals surface area contributed by atoms with Gasteiger partial charge >= 0.3 is 0 Å². The molecule has 0 aromatic heterocycles. The molecule has 0 saturated carbocycles. The predicted octanol–water partition coefficient (Wildman–Crippen LogP) is 0.766. The second-order valence-corrected chi connectivity index (χ2v) is 5.74. The fraction of sp³-hybridized carbons (Fsp3) is 0.846. The van der Waals surface area contributed by atoms with Gasteiger partial charge in [-0.3, -0.25) is 9.59 Å². The summed E-state index contributed by atoms with van der Waals surface area (Å²) in [6, 6.07) is -0.735. The lowest BCUT2D eigenvalue weighted by Gasteiger charge is -2.22. The van der Waals surface area contributed by atoms with Gasteiger partial charge in [0.1, 0.15) is 0 Å². The molecule has 0 heterocycles. The lowest BCUT2D eigenvalue weighted by Crippen LogP contribution is -2.47. The summed E-state index contributed by atoms with van der Waals surface area (Å²) in [4.78, 5) is 22.8. The highest BCUT2D eigenvalue weighted by Gasteiger charge is 2.20. The van der Waals surface area contributed by atoms with Gasteiger partial charge in [-0.05, 0) is 24.7 Å². The summed E-state index contributed by atoms with van der Waals surface area (Å²) in [7, 11) is 0. The Kier molecular flexibility index (Phi) is 7.59. The molecule has 0 aliphatic rings. The average Bonchev–Trinajstić information content (AvgIpc) is 2.13. The fourth-order valence-electron chi connectivity index (χ4n) is 1.93. The minimum atomic E-state index is -0.521. The van der Waals surface area contributed by atoms with Gasteiger partial charge < -0.3 is 16.8 Å². The third kappa shape index (κ3) is 8.06. The summed E-state index contributed by atoms with van der Waals surface area (Å²) < 4.78 is 0. The predicted molar refractivity (Wildman–Crippen MR) is 72.6 cm³/mol. The molecule has 18 heavy (non-hydrogen) atoms. The lowest BCUT2D eigenvalue weighted by atomic mass is 9.99. The van der Waals surface area contributed by atoms with E-state index in [1.807, 2.05) is 27.7 Å². The van der Waals surface area contributed by atoms with Gasteiger partial charge in [0.2, 0.25) is 11.8 Å². The molecule has 0 aromatic carbocycles. The number of amides is 2. The second kappa shape index (κ2) is 8.08. The molecule has 5 N–H and O–H groups in total. The molecule has 0 radical (unpaired) electrons. The Morgan fingerprint density at radius 3 is 1.94 bits per heavy atom. The number of carbonyl (C=O) groups is 2. The molecule has 106 valence electrons. The number of nitrogens with one attached hydrogen (secondary N) is 1. The van der Waals surface area contributed by atoms with Crippen molar-refractivity contribution >= 4 is 11.8 Å². The number of hydrogen-bond acceptors (Lipinski definition) is 3. The van der Waals surface area contributed by atoms with Gasteiger partial charge in [0.05, 0.1) is 6.04 Å². The third-order valence-corrected chi connectivity index (χ3v) is 2.61. The number of hydrogen-bond donors (Lipinski definition) is 3. The van der Waals surface area contributed by atoms with Crippen molar-refractivity contribution in [1.29, 1.82) is 0 Å². The number of carbonyl (C=O) groups excluding carboxylic acids is 2. The Bertz CT molecular complexity index is 277. The molecular formula is C13H27N3O2. The van der Waals surface area contributed by atoms with Gasteiger partial charge in [0.25, 0.3) is 0 Å². The van der Waals surface area contributed by atoms with Crippen LogP contribution in [0.5, 0.6) is 0 Å². The van der Waals surface area contributed by atoms with E-state index in [1.54, 1.807) is 0 Å². The zero-order valence-electron chi connectivity index (χ0n) is 11.9. The topological polar surface area (TPSA) is 98.2 Å². The number of primary amides is 1. The monoisotopic (exact) mass is 257 g/mol. The van der Waals surface area contributed by atoms with Gasteiger partial charge in [0, 0.05) is 12.5 Å². The Labute approximate surface area is 110 Å². The minimum absolute atomic E-state index is 0.165. The Morgan fingerprint density at radius 2 is 1.56 bits per heavy atom. The third-order valence-electron chi connectivity index (χ3n) is 2.61. The second-order valence-electron chi connectivity index (χ2n) is 5.74. The number of nitrogens with two attached hydrogens (primary N) is 2. The SMILES string of the molecule is CC(C)C[C@@H](CC(N)=O)NC(=O)[C@@H](N)CC(C)C. The summed E-state index contributed by atoms with van der Waals surface area (Å²) in [5, 5.41) is 2.82. The van der Waals surface area contributed by atoms with Crippen LogP contribution in [0, 0.1) is 11.8 Å². The highest BCUT2D eigenvalue weighted by molar-refractivity contribution is 5.82. The molecule has 0 saturated heterocycles. The molecule has 0 spiro atoms. The van der Waals surface area contributed by atoms with Gasteiger partial charge in [-0.1, -0.05) is 27.7 Å². The molecule has 0 unspecified atom stereocenters. The van der Waals surface area contributed by atoms with E-state index in [2.05, 4.69) is 5.32 Å². The summed E-state index contributed by atoms with van der Waals surface area (Å²) >= 11 is 0. The van der Waals surface area contributed by atoms with Crippen LogP contribution in [0.25, 0.3) is 0 Å². The molecule has 0 aliphatic heterocycles. The van der Waals surface area contributed by atoms with E-state index in [0.717, 1.165) is 6.42 Å². The van der Waals surface area contributed by atoms with E-state index in [1.165, 1.54) is 0 Å². The van der Waals surface area contributed by atoms with Crippen molar-refractivity contribution in [3.05, 3.63) is 0 Å². The van der Waals surface area contributed by atoms with E-state index >= 15 is 0 Å². The molecule has 0 fully saturated rings. The van der Waals surface area contributed by atoms with Crippen molar-refractivity contribution in [1.82, 2.24) is 5.32 Å². The van der Waals surface area contributed by atoms with Gasteiger partial charge in [0.15, 0.2) is 0 Å². The number of rotatable bonds is 8. The summed E-state index contributed by atoms with van der Waals surface area (Å²) in [6.07, 6.45) is 1.53. The van der Waals surface area contributed by atoms with Crippen molar-refractivity contribution in [2.45, 2.75) is 59.0 Å². The van der Waals surface area contributed by atoms with E-state index in [-0.39, 0.29) is 18.4 Å². The fourth-order valence-corrected chi connectivity index (χ4v) is 1.93. The first-order valence-electron chi connectivity index (χ1n) is 6.56. The Balaban J connectivity index is 4.37. The molecule has 2 amide bonds. The molecule has 0 rings (SSSR count). The summed E-state index contributed by atoms with van der Waals surface area (Å²) in [6.45, 7) is 8.10. The smallest absolute Gasteiger partial charge is 0.237 e. The molecule has 5 heteroatoms. The average molecular weight is 257 g/mol. The summed E-state index contributed by atoms with van der Waals surface area (Å²) in [5.41, 5.74) is 11.0. The molecule has 5 nitrogen and oxygen atoms in total. The van der Waals surface area contributed by atoms with Crippen molar-refractivity contribution in [2.75, 3.05) is 0 Å². The van der Waals surface area contributed by atoms with E-state index in [0.29, 0.717) is 18.3 Å².